The first kappa shape index (κ1) is 20.4. The molecule has 0 saturated carbocycles. The van der Waals surface area contributed by atoms with E-state index in [0.717, 1.165) is 0 Å². The third-order valence-corrected chi connectivity index (χ3v) is 5.52. The smallest absolute Gasteiger partial charge is 0.339 e. The Hall–Kier alpha value is -3.85. The number of ether oxygens (including phenoxy) is 1. The Balaban J connectivity index is 1.64. The van der Waals surface area contributed by atoms with E-state index in [-0.39, 0.29) is 29.2 Å². The summed E-state index contributed by atoms with van der Waals surface area (Å²) in [6.45, 7) is -0.296. The van der Waals surface area contributed by atoms with Crippen molar-refractivity contribution in [3.63, 3.8) is 0 Å². The van der Waals surface area contributed by atoms with Crippen LogP contribution in [0.25, 0.3) is 21.3 Å². The van der Waals surface area contributed by atoms with E-state index in [4.69, 9.17) is 4.74 Å². The van der Waals surface area contributed by atoms with Crippen LogP contribution < -0.4 is 10.9 Å². The van der Waals surface area contributed by atoms with Crippen LogP contribution >= 0.6 is 11.3 Å². The van der Waals surface area contributed by atoms with Crippen molar-refractivity contribution < 1.29 is 18.7 Å². The lowest BCUT2D eigenvalue weighted by molar-refractivity contribution is -0.116. The lowest BCUT2D eigenvalue weighted by atomic mass is 10.1. The highest BCUT2D eigenvalue weighted by molar-refractivity contribution is 7.17. The number of hydrogen-bond donors (Lipinski definition) is 1. The van der Waals surface area contributed by atoms with Gasteiger partial charge < -0.3 is 10.1 Å². The molecule has 2 heterocycles. The van der Waals surface area contributed by atoms with E-state index >= 15 is 0 Å². The summed E-state index contributed by atoms with van der Waals surface area (Å²) in [7, 11) is 1.25. The average Bonchev–Trinajstić information content (AvgIpc) is 3.21. The minimum Gasteiger partial charge on any atom is -0.465 e. The first-order valence-corrected chi connectivity index (χ1v) is 10.1. The molecule has 0 unspecified atom stereocenters. The zero-order chi connectivity index (χ0) is 22.0. The van der Waals surface area contributed by atoms with Gasteiger partial charge >= 0.3 is 5.97 Å². The number of fused-ring (bicyclic) bond motifs is 1. The van der Waals surface area contributed by atoms with Crippen LogP contribution in [0.4, 0.5) is 10.1 Å². The molecule has 0 atom stereocenters. The number of carbonyl (C=O) groups excluding carboxylic acids is 2. The van der Waals surface area contributed by atoms with E-state index in [1.165, 1.54) is 47.5 Å². The fraction of sp³-hybridized carbons (Fsp3) is 0.0909. The minimum absolute atomic E-state index is 0.204. The van der Waals surface area contributed by atoms with Crippen LogP contribution in [0.5, 0.6) is 0 Å². The summed E-state index contributed by atoms with van der Waals surface area (Å²) in [6, 6.07) is 12.2. The van der Waals surface area contributed by atoms with Crippen molar-refractivity contribution in [1.29, 1.82) is 0 Å². The molecule has 156 valence electrons. The van der Waals surface area contributed by atoms with Gasteiger partial charge in [0.2, 0.25) is 5.91 Å². The number of methoxy groups -OCH3 is 1. The summed E-state index contributed by atoms with van der Waals surface area (Å²) in [5.41, 5.74) is 1.41. The van der Waals surface area contributed by atoms with E-state index < -0.39 is 11.9 Å². The van der Waals surface area contributed by atoms with Gasteiger partial charge in [0.05, 0.1) is 30.1 Å². The normalized spacial score (nSPS) is 10.8. The molecule has 4 rings (SSSR count). The first-order valence-electron chi connectivity index (χ1n) is 9.17. The van der Waals surface area contributed by atoms with Crippen molar-refractivity contribution in [2.75, 3.05) is 12.4 Å². The van der Waals surface area contributed by atoms with Gasteiger partial charge in [0, 0.05) is 10.9 Å². The number of nitrogens with one attached hydrogen (secondary N) is 1. The van der Waals surface area contributed by atoms with E-state index in [9.17, 15) is 18.8 Å². The zero-order valence-corrected chi connectivity index (χ0v) is 17.1. The largest absolute Gasteiger partial charge is 0.465 e. The maximum atomic E-state index is 13.3. The number of esters is 1. The van der Waals surface area contributed by atoms with Gasteiger partial charge in [-0.15, -0.1) is 11.3 Å². The molecule has 0 aliphatic carbocycles. The number of thiophene rings is 1. The van der Waals surface area contributed by atoms with Gasteiger partial charge in [-0.2, -0.15) is 0 Å². The molecular formula is C22H16FN3O4S. The number of amides is 1. The number of anilines is 1. The number of hydrogen-bond acceptors (Lipinski definition) is 6. The number of aromatic nitrogens is 2. The fourth-order valence-electron chi connectivity index (χ4n) is 3.15. The number of benzene rings is 2. The summed E-state index contributed by atoms with van der Waals surface area (Å²) in [5.74, 6) is -1.46. The summed E-state index contributed by atoms with van der Waals surface area (Å²) in [5, 5.41) is 4.77. The molecular weight excluding hydrogens is 421 g/mol. The molecule has 0 spiro atoms. The topological polar surface area (TPSA) is 90.3 Å². The Morgan fingerprint density at radius 2 is 1.90 bits per heavy atom. The molecule has 9 heteroatoms. The van der Waals surface area contributed by atoms with Gasteiger partial charge in [-0.3, -0.25) is 14.2 Å². The van der Waals surface area contributed by atoms with Gasteiger partial charge in [-0.25, -0.2) is 14.2 Å². The maximum absolute atomic E-state index is 13.3. The highest BCUT2D eigenvalue weighted by Crippen LogP contribution is 2.30. The van der Waals surface area contributed by atoms with Crippen molar-refractivity contribution in [3.8, 4) is 11.1 Å². The van der Waals surface area contributed by atoms with Gasteiger partial charge in [-0.1, -0.05) is 24.3 Å². The monoisotopic (exact) mass is 437 g/mol. The molecule has 4 aromatic rings. The first-order chi connectivity index (χ1) is 15.0. The zero-order valence-electron chi connectivity index (χ0n) is 16.3. The highest BCUT2D eigenvalue weighted by Gasteiger charge is 2.17. The number of halogens is 1. The maximum Gasteiger partial charge on any atom is 0.339 e. The molecule has 0 aliphatic rings. The summed E-state index contributed by atoms with van der Waals surface area (Å²) >= 11 is 1.29. The Morgan fingerprint density at radius 1 is 1.16 bits per heavy atom. The van der Waals surface area contributed by atoms with Gasteiger partial charge in [0.15, 0.2) is 0 Å². The van der Waals surface area contributed by atoms with Gasteiger partial charge in [-0.05, 0) is 29.8 Å². The number of carbonyl (C=O) groups is 2. The van der Waals surface area contributed by atoms with E-state index in [1.807, 2.05) is 0 Å². The van der Waals surface area contributed by atoms with E-state index in [0.29, 0.717) is 21.3 Å². The molecule has 7 nitrogen and oxygen atoms in total. The van der Waals surface area contributed by atoms with Crippen LogP contribution in [0.3, 0.4) is 0 Å². The Morgan fingerprint density at radius 3 is 2.65 bits per heavy atom. The second kappa shape index (κ2) is 8.49. The predicted octanol–water partition coefficient (Wildman–Crippen LogP) is 3.69. The van der Waals surface area contributed by atoms with E-state index in [1.54, 1.807) is 35.7 Å². The van der Waals surface area contributed by atoms with Crippen molar-refractivity contribution >= 4 is 39.1 Å². The van der Waals surface area contributed by atoms with Gasteiger partial charge in [0.1, 0.15) is 17.2 Å². The number of rotatable bonds is 5. The standard InChI is InChI=1S/C22H16FN3O4S/c1-30-22(29)15-4-2-3-5-17(15)25-18(27)10-26-12-24-20-19(21(26)28)16(11-31-20)13-6-8-14(23)9-7-13/h2-9,11-12H,10H2,1H3,(H,25,27). The Labute approximate surface area is 179 Å². The van der Waals surface area contributed by atoms with Gasteiger partial charge in [0.25, 0.3) is 5.56 Å². The Kier molecular flexibility index (Phi) is 5.59. The fourth-order valence-corrected chi connectivity index (χ4v) is 4.05. The minimum atomic E-state index is -0.585. The molecule has 0 radical (unpaired) electrons. The molecule has 0 saturated heterocycles. The predicted molar refractivity (Wildman–Crippen MR) is 116 cm³/mol. The van der Waals surface area contributed by atoms with Crippen molar-refractivity contribution in [1.82, 2.24) is 9.55 Å². The van der Waals surface area contributed by atoms with E-state index in [2.05, 4.69) is 10.3 Å². The summed E-state index contributed by atoms with van der Waals surface area (Å²) < 4.78 is 19.2. The van der Waals surface area contributed by atoms with Crippen LogP contribution in [0.1, 0.15) is 10.4 Å². The molecule has 0 aliphatic heterocycles. The molecule has 2 aromatic carbocycles. The second-order valence-electron chi connectivity index (χ2n) is 6.60. The number of nitrogens with zero attached hydrogens (tertiary/aromatic N) is 2. The molecule has 1 N–H and O–H groups in total. The highest BCUT2D eigenvalue weighted by atomic mass is 32.1. The lowest BCUT2D eigenvalue weighted by Gasteiger charge is -2.10. The van der Waals surface area contributed by atoms with Crippen LogP contribution in [0.2, 0.25) is 0 Å². The van der Waals surface area contributed by atoms with Crippen LogP contribution in [0, 0.1) is 5.82 Å². The second-order valence-corrected chi connectivity index (χ2v) is 7.46. The molecule has 31 heavy (non-hydrogen) atoms. The van der Waals surface area contributed by atoms with Crippen molar-refractivity contribution in [2.45, 2.75) is 6.54 Å². The quantitative estimate of drug-likeness (QED) is 0.481. The third-order valence-electron chi connectivity index (χ3n) is 4.64. The molecule has 1 amide bonds. The molecule has 2 aromatic heterocycles. The van der Waals surface area contributed by atoms with Crippen LogP contribution in [0.15, 0.2) is 65.0 Å². The van der Waals surface area contributed by atoms with Crippen LogP contribution in [-0.2, 0) is 16.1 Å². The summed E-state index contributed by atoms with van der Waals surface area (Å²) in [6.07, 6.45) is 1.31. The molecule has 0 fully saturated rings. The SMILES string of the molecule is COC(=O)c1ccccc1NC(=O)Cn1cnc2scc(-c3ccc(F)cc3)c2c1=O. The Bertz CT molecular complexity index is 1350. The van der Waals surface area contributed by atoms with Crippen molar-refractivity contribution in [2.24, 2.45) is 0 Å². The van der Waals surface area contributed by atoms with Crippen LogP contribution in [-0.4, -0.2) is 28.5 Å². The molecule has 0 bridgehead atoms. The average molecular weight is 437 g/mol. The third kappa shape index (κ3) is 4.08. The summed E-state index contributed by atoms with van der Waals surface area (Å²) in [4.78, 5) is 42.3. The van der Waals surface area contributed by atoms with Crippen molar-refractivity contribution in [3.05, 3.63) is 82.0 Å². The lowest BCUT2D eigenvalue weighted by Crippen LogP contribution is -2.28. The number of para-hydroxylation sites is 1.